The summed E-state index contributed by atoms with van der Waals surface area (Å²) in [5, 5.41) is 7.24. The number of carbonyl (C=O) groups is 1. The maximum Gasteiger partial charge on any atom is 0.290 e. The molecule has 3 N–H and O–H groups in total. The lowest BCUT2D eigenvalue weighted by atomic mass is 10.1. The smallest absolute Gasteiger partial charge is 0.290 e. The molecule has 6 nitrogen and oxygen atoms in total. The van der Waals surface area contributed by atoms with Crippen molar-refractivity contribution in [3.63, 3.8) is 0 Å². The Kier molecular flexibility index (Phi) is 5.71. The van der Waals surface area contributed by atoms with Crippen molar-refractivity contribution in [1.29, 1.82) is 0 Å². The first-order valence-electron chi connectivity index (χ1n) is 8.73. The molecule has 27 heavy (non-hydrogen) atoms. The molecule has 3 aromatic rings. The van der Waals surface area contributed by atoms with Crippen LogP contribution < -0.4 is 16.6 Å². The molecule has 0 bridgehead atoms. The lowest BCUT2D eigenvalue weighted by Crippen LogP contribution is -2.38. The lowest BCUT2D eigenvalue weighted by Gasteiger charge is -2.15. The summed E-state index contributed by atoms with van der Waals surface area (Å²) >= 11 is 1.56. The topological polar surface area (TPSA) is 90.0 Å². The fourth-order valence-corrected chi connectivity index (χ4v) is 3.54. The van der Waals surface area contributed by atoms with Crippen LogP contribution in [0.1, 0.15) is 23.4 Å². The molecule has 140 valence electrons. The third kappa shape index (κ3) is 4.43. The fraction of sp³-hybridized carbons (Fsp3) is 0.250. The number of nitrogens with two attached hydrogens (primary N) is 1. The first-order valence-corrected chi connectivity index (χ1v) is 9.55. The minimum absolute atomic E-state index is 0.0787. The van der Waals surface area contributed by atoms with Crippen molar-refractivity contribution in [2.75, 3.05) is 12.3 Å². The largest absolute Gasteiger partial charge is 0.394 e. The second-order valence-corrected chi connectivity index (χ2v) is 7.64. The highest BCUT2D eigenvalue weighted by Crippen LogP contribution is 2.26. The van der Waals surface area contributed by atoms with Crippen LogP contribution >= 0.6 is 11.3 Å². The quantitative estimate of drug-likeness (QED) is 0.686. The second kappa shape index (κ2) is 8.18. The van der Waals surface area contributed by atoms with Crippen LogP contribution in [0.4, 0.5) is 5.69 Å². The summed E-state index contributed by atoms with van der Waals surface area (Å²) < 4.78 is 1.16. The molecule has 0 radical (unpaired) electrons. The zero-order chi connectivity index (χ0) is 19.4. The first-order chi connectivity index (χ1) is 13.0. The van der Waals surface area contributed by atoms with Gasteiger partial charge in [-0.15, -0.1) is 11.3 Å². The number of carbonyl (C=O) groups excluding carboxylic acids is 1. The van der Waals surface area contributed by atoms with Crippen LogP contribution in [0.3, 0.4) is 0 Å². The highest BCUT2D eigenvalue weighted by molar-refractivity contribution is 7.15. The van der Waals surface area contributed by atoms with E-state index in [0.717, 1.165) is 26.4 Å². The van der Waals surface area contributed by atoms with Crippen LogP contribution in [-0.2, 0) is 11.2 Å². The molecule has 0 aliphatic rings. The van der Waals surface area contributed by atoms with Gasteiger partial charge in [-0.05, 0) is 44.0 Å². The summed E-state index contributed by atoms with van der Waals surface area (Å²) in [4.78, 5) is 26.9. The van der Waals surface area contributed by atoms with Gasteiger partial charge in [-0.2, -0.15) is 5.10 Å². The first kappa shape index (κ1) is 18.8. The number of benzene rings is 1. The third-order valence-electron chi connectivity index (χ3n) is 4.26. The van der Waals surface area contributed by atoms with E-state index < -0.39 is 11.6 Å². The average molecular weight is 382 g/mol. The normalized spacial score (nSPS) is 11.9. The highest BCUT2D eigenvalue weighted by Gasteiger charge is 2.19. The summed E-state index contributed by atoms with van der Waals surface area (Å²) in [5.41, 5.74) is 7.23. The van der Waals surface area contributed by atoms with E-state index in [0.29, 0.717) is 12.2 Å². The number of hydrogen-bond acceptors (Lipinski definition) is 5. The summed E-state index contributed by atoms with van der Waals surface area (Å²) in [6.45, 7) is 4.13. The molecule has 3 rings (SSSR count). The van der Waals surface area contributed by atoms with Crippen molar-refractivity contribution >= 4 is 22.9 Å². The van der Waals surface area contributed by atoms with E-state index in [9.17, 15) is 9.59 Å². The zero-order valence-electron chi connectivity index (χ0n) is 15.3. The van der Waals surface area contributed by atoms with Gasteiger partial charge in [0.1, 0.15) is 17.4 Å². The number of anilines is 1. The Balaban J connectivity index is 1.75. The van der Waals surface area contributed by atoms with E-state index in [4.69, 9.17) is 5.73 Å². The Labute approximate surface area is 161 Å². The molecular weight excluding hydrogens is 360 g/mol. The Bertz CT molecular complexity index is 995. The molecule has 0 aliphatic carbocycles. The van der Waals surface area contributed by atoms with Gasteiger partial charge in [-0.1, -0.05) is 30.3 Å². The fourth-order valence-electron chi connectivity index (χ4n) is 2.72. The molecule has 1 atom stereocenters. The molecule has 0 unspecified atom stereocenters. The SMILES string of the molecule is Cc1ccc(-c2cc(N)c(=O)n([C@@H](C)C(=O)NCCc3ccccc3)n2)s1. The van der Waals surface area contributed by atoms with Crippen LogP contribution in [0, 0.1) is 6.92 Å². The molecule has 0 fully saturated rings. The lowest BCUT2D eigenvalue weighted by molar-refractivity contribution is -0.124. The molecule has 0 saturated carbocycles. The maximum atomic E-state index is 12.5. The Hall–Kier alpha value is -2.93. The number of amides is 1. The van der Waals surface area contributed by atoms with E-state index >= 15 is 0 Å². The van der Waals surface area contributed by atoms with Gasteiger partial charge in [-0.3, -0.25) is 9.59 Å². The molecule has 0 aliphatic heterocycles. The van der Waals surface area contributed by atoms with Crippen molar-refractivity contribution in [1.82, 2.24) is 15.1 Å². The van der Waals surface area contributed by atoms with E-state index in [-0.39, 0.29) is 11.6 Å². The number of aryl methyl sites for hydroxylation is 1. The second-order valence-electron chi connectivity index (χ2n) is 6.35. The molecule has 2 aromatic heterocycles. The standard InChI is InChI=1S/C20H22N4O2S/c1-13-8-9-18(27-13)17-12-16(21)20(26)24(23-17)14(2)19(25)22-11-10-15-6-4-3-5-7-15/h3-9,12,14H,10-11,21H2,1-2H3,(H,22,25)/t14-/m0/s1. The van der Waals surface area contributed by atoms with Gasteiger partial charge in [0.15, 0.2) is 0 Å². The van der Waals surface area contributed by atoms with Gasteiger partial charge in [0.05, 0.1) is 4.88 Å². The summed E-state index contributed by atoms with van der Waals surface area (Å²) in [5.74, 6) is -0.264. The van der Waals surface area contributed by atoms with Crippen molar-refractivity contribution in [3.8, 4) is 10.6 Å². The molecule has 1 amide bonds. The molecular formula is C20H22N4O2S. The van der Waals surface area contributed by atoms with Crippen molar-refractivity contribution in [2.24, 2.45) is 0 Å². The van der Waals surface area contributed by atoms with Crippen LogP contribution in [0.2, 0.25) is 0 Å². The predicted octanol–water partition coefficient (Wildman–Crippen LogP) is 2.78. The number of hydrogen-bond donors (Lipinski definition) is 2. The van der Waals surface area contributed by atoms with Crippen LogP contribution in [-0.4, -0.2) is 22.2 Å². The number of aromatic nitrogens is 2. The Morgan fingerprint density at radius 1 is 1.26 bits per heavy atom. The van der Waals surface area contributed by atoms with Crippen LogP contribution in [0.5, 0.6) is 0 Å². The predicted molar refractivity (Wildman–Crippen MR) is 109 cm³/mol. The van der Waals surface area contributed by atoms with Gasteiger partial charge in [0.25, 0.3) is 5.56 Å². The van der Waals surface area contributed by atoms with E-state index in [1.807, 2.05) is 49.4 Å². The van der Waals surface area contributed by atoms with Crippen molar-refractivity contribution in [2.45, 2.75) is 26.3 Å². The van der Waals surface area contributed by atoms with Crippen LogP contribution in [0.25, 0.3) is 10.6 Å². The third-order valence-corrected chi connectivity index (χ3v) is 5.28. The number of nitrogens with zero attached hydrogens (tertiary/aromatic N) is 2. The Morgan fingerprint density at radius 3 is 2.67 bits per heavy atom. The zero-order valence-corrected chi connectivity index (χ0v) is 16.1. The van der Waals surface area contributed by atoms with Gasteiger partial charge in [-0.25, -0.2) is 4.68 Å². The summed E-state index contributed by atoms with van der Waals surface area (Å²) in [6.07, 6.45) is 0.721. The van der Waals surface area contributed by atoms with Crippen molar-refractivity contribution in [3.05, 3.63) is 69.3 Å². The average Bonchev–Trinajstić information content (AvgIpc) is 3.10. The van der Waals surface area contributed by atoms with E-state index in [1.54, 1.807) is 24.3 Å². The number of thiophene rings is 1. The molecule has 7 heteroatoms. The van der Waals surface area contributed by atoms with E-state index in [2.05, 4.69) is 10.4 Å². The summed E-state index contributed by atoms with van der Waals surface area (Å²) in [7, 11) is 0. The maximum absolute atomic E-state index is 12.5. The van der Waals surface area contributed by atoms with Crippen LogP contribution in [0.15, 0.2) is 53.3 Å². The van der Waals surface area contributed by atoms with Gasteiger partial charge >= 0.3 is 0 Å². The molecule has 1 aromatic carbocycles. The number of rotatable bonds is 6. The molecule has 2 heterocycles. The monoisotopic (exact) mass is 382 g/mol. The van der Waals surface area contributed by atoms with Gasteiger partial charge < -0.3 is 11.1 Å². The van der Waals surface area contributed by atoms with Gasteiger partial charge in [0, 0.05) is 11.4 Å². The Morgan fingerprint density at radius 2 is 2.00 bits per heavy atom. The molecule has 0 spiro atoms. The van der Waals surface area contributed by atoms with Crippen molar-refractivity contribution < 1.29 is 4.79 Å². The van der Waals surface area contributed by atoms with E-state index in [1.165, 1.54) is 0 Å². The van der Waals surface area contributed by atoms with Gasteiger partial charge in [0.2, 0.25) is 5.91 Å². The number of nitrogens with one attached hydrogen (secondary N) is 1. The summed E-state index contributed by atoms with van der Waals surface area (Å²) in [6, 6.07) is 14.6. The molecule has 0 saturated heterocycles. The highest BCUT2D eigenvalue weighted by atomic mass is 32.1. The number of nitrogen functional groups attached to an aromatic ring is 1. The minimum Gasteiger partial charge on any atom is -0.394 e. The minimum atomic E-state index is -0.753.